The van der Waals surface area contributed by atoms with E-state index < -0.39 is 10.7 Å². The third-order valence-electron chi connectivity index (χ3n) is 3.21. The second kappa shape index (κ2) is 6.24. The van der Waals surface area contributed by atoms with Crippen LogP contribution in [-0.4, -0.2) is 32.0 Å². The number of nitrogens with zero attached hydrogens (tertiary/aromatic N) is 5. The second-order valence-electron chi connectivity index (χ2n) is 4.73. The van der Waals surface area contributed by atoms with Gasteiger partial charge in [-0.15, -0.1) is 0 Å². The fraction of sp³-hybridized carbons (Fsp3) is 0.0667. The van der Waals surface area contributed by atoms with E-state index in [0.717, 1.165) is 4.80 Å². The molecule has 2 aromatic carbocycles. The summed E-state index contributed by atoms with van der Waals surface area (Å²) in [7, 11) is 1.50. The van der Waals surface area contributed by atoms with E-state index in [1.807, 2.05) is 0 Å². The molecule has 0 spiro atoms. The molecular formula is C15H13N5O4. The van der Waals surface area contributed by atoms with Crippen molar-refractivity contribution in [2.75, 3.05) is 7.11 Å². The first-order valence-corrected chi connectivity index (χ1v) is 6.90. The van der Waals surface area contributed by atoms with Crippen molar-refractivity contribution in [2.45, 2.75) is 0 Å². The Labute approximate surface area is 135 Å². The molecule has 9 nitrogen and oxygen atoms in total. The largest absolute Gasteiger partial charge is 0.497 e. The fourth-order valence-electron chi connectivity index (χ4n) is 2.10. The average Bonchev–Trinajstić information content (AvgIpc) is 2.93. The summed E-state index contributed by atoms with van der Waals surface area (Å²) >= 11 is 0. The van der Waals surface area contributed by atoms with Crippen molar-refractivity contribution in [2.24, 2.45) is 4.99 Å². The number of hydrogen-bond donors (Lipinski definition) is 1. The van der Waals surface area contributed by atoms with Crippen LogP contribution in [0.15, 0.2) is 59.6 Å². The van der Waals surface area contributed by atoms with Gasteiger partial charge in [-0.1, -0.05) is 29.1 Å². The van der Waals surface area contributed by atoms with E-state index in [4.69, 9.17) is 4.74 Å². The van der Waals surface area contributed by atoms with Gasteiger partial charge in [0, 0.05) is 6.07 Å². The molecule has 1 N–H and O–H groups in total. The first kappa shape index (κ1) is 15.3. The van der Waals surface area contributed by atoms with E-state index in [-0.39, 0.29) is 5.49 Å². The Morgan fingerprint density at radius 1 is 1.21 bits per heavy atom. The number of rotatable bonds is 4. The van der Waals surface area contributed by atoms with E-state index in [1.54, 1.807) is 54.6 Å². The summed E-state index contributed by atoms with van der Waals surface area (Å²) in [5.74, 6) is -0.0250. The molecule has 0 radical (unpaired) electrons. The summed E-state index contributed by atoms with van der Waals surface area (Å²) in [5, 5.41) is 25.4. The van der Waals surface area contributed by atoms with Gasteiger partial charge in [-0.3, -0.25) is 0 Å². The topological polar surface area (TPSA) is 108 Å². The summed E-state index contributed by atoms with van der Waals surface area (Å²) in [5.41, 5.74) is 0.542. The van der Waals surface area contributed by atoms with Gasteiger partial charge in [0.15, 0.2) is 0 Å². The van der Waals surface area contributed by atoms with Crippen LogP contribution in [0.4, 0.5) is 11.5 Å². The zero-order chi connectivity index (χ0) is 17.1. The summed E-state index contributed by atoms with van der Waals surface area (Å²) in [6.45, 7) is 0. The molecule has 0 unspecified atom stereocenters. The Kier molecular flexibility index (Phi) is 3.98. The highest BCUT2D eigenvalue weighted by atomic mass is 16.6. The molecule has 3 rings (SSSR count). The van der Waals surface area contributed by atoms with Crippen molar-refractivity contribution in [3.05, 3.63) is 70.2 Å². The molecule has 0 fully saturated rings. The molecule has 0 bridgehead atoms. The van der Waals surface area contributed by atoms with E-state index in [9.17, 15) is 15.3 Å². The maximum atomic E-state index is 11.3. The molecule has 0 saturated carbocycles. The Morgan fingerprint density at radius 3 is 2.62 bits per heavy atom. The van der Waals surface area contributed by atoms with Crippen LogP contribution in [0.3, 0.4) is 0 Å². The van der Waals surface area contributed by atoms with Crippen LogP contribution in [-0.2, 0) is 0 Å². The van der Waals surface area contributed by atoms with Crippen molar-refractivity contribution in [1.82, 2.24) is 14.7 Å². The molecule has 0 atom stereocenters. The number of methoxy groups -OCH3 is 1. The molecule has 3 aromatic rings. The normalized spacial score (nSPS) is 11.5. The van der Waals surface area contributed by atoms with Gasteiger partial charge in [-0.05, 0) is 34.0 Å². The standard InChI is InChI=1S/C15H13N5O4/c1-24-13-9-5-6-11(10-13)16-14-15(20(22)23)17-18(19(14)21)12-7-3-2-4-8-12/h2-10,21H,1H3. The van der Waals surface area contributed by atoms with Crippen LogP contribution >= 0.6 is 0 Å². The van der Waals surface area contributed by atoms with Gasteiger partial charge in [-0.25, -0.2) is 4.99 Å². The quantitative estimate of drug-likeness (QED) is 0.448. The average molecular weight is 327 g/mol. The summed E-state index contributed by atoms with van der Waals surface area (Å²) in [6, 6.07) is 15.2. The molecule has 122 valence electrons. The van der Waals surface area contributed by atoms with Gasteiger partial charge in [-0.2, -0.15) is 0 Å². The minimum atomic E-state index is -0.703. The summed E-state index contributed by atoms with van der Waals surface area (Å²) < 4.78 is 5.09. The zero-order valence-corrected chi connectivity index (χ0v) is 12.6. The lowest BCUT2D eigenvalue weighted by Crippen LogP contribution is -2.21. The lowest BCUT2D eigenvalue weighted by molar-refractivity contribution is -0.391. The van der Waals surface area contributed by atoms with E-state index in [0.29, 0.717) is 22.0 Å². The maximum Gasteiger partial charge on any atom is 0.438 e. The van der Waals surface area contributed by atoms with Gasteiger partial charge in [0.1, 0.15) is 11.4 Å². The SMILES string of the molecule is COc1cccc(N=c2c([N+](=O)[O-])nn(-c3ccccc3)n2O)c1. The maximum absolute atomic E-state index is 11.3. The van der Waals surface area contributed by atoms with Gasteiger partial charge in [0.05, 0.1) is 17.9 Å². The predicted molar refractivity (Wildman–Crippen MR) is 83.6 cm³/mol. The van der Waals surface area contributed by atoms with E-state index in [1.165, 1.54) is 7.11 Å². The highest BCUT2D eigenvalue weighted by molar-refractivity contribution is 5.43. The minimum absolute atomic E-state index is 0.294. The monoisotopic (exact) mass is 327 g/mol. The first-order valence-electron chi connectivity index (χ1n) is 6.90. The molecule has 1 aromatic heterocycles. The van der Waals surface area contributed by atoms with E-state index >= 15 is 0 Å². The third-order valence-corrected chi connectivity index (χ3v) is 3.21. The smallest absolute Gasteiger partial charge is 0.438 e. The number of benzene rings is 2. The minimum Gasteiger partial charge on any atom is -0.497 e. The fourth-order valence-corrected chi connectivity index (χ4v) is 2.10. The molecule has 0 aliphatic heterocycles. The van der Waals surface area contributed by atoms with Crippen molar-refractivity contribution in [3.8, 4) is 11.4 Å². The Bertz CT molecular complexity index is 946. The Balaban J connectivity index is 2.21. The summed E-state index contributed by atoms with van der Waals surface area (Å²) in [4.78, 5) is 16.2. The Morgan fingerprint density at radius 2 is 1.96 bits per heavy atom. The number of hydrogen-bond acceptors (Lipinski definition) is 6. The molecule has 0 saturated heterocycles. The van der Waals surface area contributed by atoms with Crippen LogP contribution in [0.5, 0.6) is 5.75 Å². The van der Waals surface area contributed by atoms with Crippen LogP contribution < -0.4 is 10.2 Å². The molecule has 0 aliphatic rings. The molecular weight excluding hydrogens is 314 g/mol. The van der Waals surface area contributed by atoms with Crippen molar-refractivity contribution >= 4 is 11.5 Å². The predicted octanol–water partition coefficient (Wildman–Crippen LogP) is 2.06. The van der Waals surface area contributed by atoms with Crippen LogP contribution in [0.2, 0.25) is 0 Å². The van der Waals surface area contributed by atoms with Gasteiger partial charge in [0.2, 0.25) is 0 Å². The van der Waals surface area contributed by atoms with Crippen LogP contribution in [0, 0.1) is 10.1 Å². The second-order valence-corrected chi connectivity index (χ2v) is 4.73. The van der Waals surface area contributed by atoms with Gasteiger partial charge < -0.3 is 20.1 Å². The van der Waals surface area contributed by atoms with Crippen LogP contribution in [0.25, 0.3) is 5.69 Å². The van der Waals surface area contributed by atoms with Crippen molar-refractivity contribution < 1.29 is 14.9 Å². The molecule has 9 heteroatoms. The van der Waals surface area contributed by atoms with Gasteiger partial charge in [0.25, 0.3) is 5.49 Å². The molecule has 24 heavy (non-hydrogen) atoms. The van der Waals surface area contributed by atoms with Crippen molar-refractivity contribution in [3.63, 3.8) is 0 Å². The highest BCUT2D eigenvalue weighted by Crippen LogP contribution is 2.19. The number of aromatic nitrogens is 3. The molecule has 0 amide bonds. The lowest BCUT2D eigenvalue weighted by Gasteiger charge is -2.00. The first-order chi connectivity index (χ1) is 11.6. The summed E-state index contributed by atoms with van der Waals surface area (Å²) in [6.07, 6.45) is 0. The van der Waals surface area contributed by atoms with Gasteiger partial charge >= 0.3 is 5.82 Å². The number of nitro groups is 1. The van der Waals surface area contributed by atoms with E-state index in [2.05, 4.69) is 10.1 Å². The zero-order valence-electron chi connectivity index (χ0n) is 12.6. The molecule has 0 aliphatic carbocycles. The number of para-hydroxylation sites is 1. The number of ether oxygens (including phenoxy) is 1. The lowest BCUT2D eigenvalue weighted by atomic mass is 10.3. The highest BCUT2D eigenvalue weighted by Gasteiger charge is 2.24. The van der Waals surface area contributed by atoms with Crippen LogP contribution in [0.1, 0.15) is 0 Å². The Hall–Kier alpha value is -3.62. The van der Waals surface area contributed by atoms with Crippen molar-refractivity contribution in [1.29, 1.82) is 0 Å². The molecule has 1 heterocycles. The third kappa shape index (κ3) is 2.82.